The summed E-state index contributed by atoms with van der Waals surface area (Å²) in [5.41, 5.74) is 4.31. The van der Waals surface area contributed by atoms with E-state index < -0.39 is 10.0 Å². The molecule has 0 saturated heterocycles. The lowest BCUT2D eigenvalue weighted by molar-refractivity contribution is -0.121. The van der Waals surface area contributed by atoms with E-state index in [0.717, 1.165) is 24.8 Å². The Balaban J connectivity index is 1.83. The van der Waals surface area contributed by atoms with Crippen molar-refractivity contribution in [2.24, 2.45) is 0 Å². The molecule has 0 radical (unpaired) electrons. The van der Waals surface area contributed by atoms with Crippen LogP contribution in [0.1, 0.15) is 54.4 Å². The third-order valence-corrected chi connectivity index (χ3v) is 8.86. The zero-order chi connectivity index (χ0) is 24.9. The quantitative estimate of drug-likeness (QED) is 0.403. The number of halogens is 2. The molecule has 0 heterocycles. The summed E-state index contributed by atoms with van der Waals surface area (Å²) in [5, 5.41) is 3.62. The van der Waals surface area contributed by atoms with Gasteiger partial charge in [0.15, 0.2) is 0 Å². The molecule has 0 saturated carbocycles. The molecule has 0 fully saturated rings. The van der Waals surface area contributed by atoms with Gasteiger partial charge in [0.05, 0.1) is 21.5 Å². The summed E-state index contributed by atoms with van der Waals surface area (Å²) in [7, 11) is -3.96. The van der Waals surface area contributed by atoms with Crippen LogP contribution < -0.4 is 5.32 Å². The molecule has 1 N–H and O–H groups in total. The van der Waals surface area contributed by atoms with Gasteiger partial charge in [0.1, 0.15) is 0 Å². The van der Waals surface area contributed by atoms with Gasteiger partial charge in [0, 0.05) is 13.1 Å². The molecule has 1 aliphatic carbocycles. The van der Waals surface area contributed by atoms with Gasteiger partial charge in [0.25, 0.3) is 0 Å². The van der Waals surface area contributed by atoms with Crippen molar-refractivity contribution in [3.8, 4) is 0 Å². The Bertz CT molecular complexity index is 1170. The summed E-state index contributed by atoms with van der Waals surface area (Å²) in [4.78, 5) is 13.1. The second-order valence-electron chi connectivity index (χ2n) is 8.96. The van der Waals surface area contributed by atoms with Crippen molar-refractivity contribution in [2.45, 2.75) is 64.3 Å². The predicted molar refractivity (Wildman–Crippen MR) is 139 cm³/mol. The number of sulfonamides is 1. The first-order valence-electron chi connectivity index (χ1n) is 11.5. The normalized spacial score (nSPS) is 14.2. The van der Waals surface area contributed by atoms with Crippen molar-refractivity contribution in [1.82, 2.24) is 9.62 Å². The van der Waals surface area contributed by atoms with Crippen molar-refractivity contribution in [3.05, 3.63) is 74.3 Å². The first kappa shape index (κ1) is 26.7. The fourth-order valence-corrected chi connectivity index (χ4v) is 6.60. The minimum absolute atomic E-state index is 0.00452. The van der Waals surface area contributed by atoms with Crippen molar-refractivity contribution in [2.75, 3.05) is 13.1 Å². The number of aryl methyl sites for hydroxylation is 3. The maximum Gasteiger partial charge on any atom is 0.244 e. The summed E-state index contributed by atoms with van der Waals surface area (Å²) in [6.07, 6.45) is 7.61. The lowest BCUT2D eigenvalue weighted by Crippen LogP contribution is -2.41. The number of allylic oxidation sites excluding steroid dienone is 1. The van der Waals surface area contributed by atoms with E-state index in [2.05, 4.69) is 11.4 Å². The molecule has 2 aromatic carbocycles. The van der Waals surface area contributed by atoms with Crippen molar-refractivity contribution in [3.63, 3.8) is 0 Å². The monoisotopic (exact) mass is 522 g/mol. The lowest BCUT2D eigenvalue weighted by Gasteiger charge is -2.24. The summed E-state index contributed by atoms with van der Waals surface area (Å²) in [6.45, 7) is 5.70. The van der Waals surface area contributed by atoms with Gasteiger partial charge in [-0.05, 0) is 81.7 Å². The molecule has 0 atom stereocenters. The Kier molecular flexibility index (Phi) is 9.21. The Hall–Kier alpha value is -1.86. The molecule has 0 spiro atoms. The SMILES string of the molecule is Cc1cc(C)c(S(=O)(=O)N(CC(=O)NCCC2=CCCCC2)Cc2ccc(Cl)c(Cl)c2)c(C)c1. The minimum atomic E-state index is -3.96. The topological polar surface area (TPSA) is 66.5 Å². The summed E-state index contributed by atoms with van der Waals surface area (Å²) in [6, 6.07) is 8.67. The van der Waals surface area contributed by atoms with Crippen LogP contribution in [-0.4, -0.2) is 31.7 Å². The number of benzene rings is 2. The minimum Gasteiger partial charge on any atom is -0.355 e. The van der Waals surface area contributed by atoms with Crippen LogP contribution in [0.15, 0.2) is 46.9 Å². The van der Waals surface area contributed by atoms with Crippen LogP contribution in [0, 0.1) is 20.8 Å². The smallest absolute Gasteiger partial charge is 0.244 e. The Labute approximate surface area is 213 Å². The van der Waals surface area contributed by atoms with Crippen LogP contribution >= 0.6 is 23.2 Å². The van der Waals surface area contributed by atoms with Crippen LogP contribution in [0.3, 0.4) is 0 Å². The van der Waals surface area contributed by atoms with Gasteiger partial charge >= 0.3 is 0 Å². The average molecular weight is 524 g/mol. The van der Waals surface area contributed by atoms with Crippen LogP contribution in [0.5, 0.6) is 0 Å². The second kappa shape index (κ2) is 11.7. The first-order chi connectivity index (χ1) is 16.1. The maximum absolute atomic E-state index is 13.8. The molecular formula is C26H32Cl2N2O3S. The number of hydrogen-bond acceptors (Lipinski definition) is 3. The molecule has 8 heteroatoms. The van der Waals surface area contributed by atoms with E-state index in [-0.39, 0.29) is 23.9 Å². The third kappa shape index (κ3) is 6.85. The molecule has 0 unspecified atom stereocenters. The number of rotatable bonds is 9. The van der Waals surface area contributed by atoms with Gasteiger partial charge in [-0.3, -0.25) is 4.79 Å². The first-order valence-corrected chi connectivity index (χ1v) is 13.7. The Morgan fingerprint density at radius 1 is 1.03 bits per heavy atom. The number of nitrogens with one attached hydrogen (secondary N) is 1. The highest BCUT2D eigenvalue weighted by Gasteiger charge is 2.30. The molecule has 0 aromatic heterocycles. The third-order valence-electron chi connectivity index (χ3n) is 6.02. The van der Waals surface area contributed by atoms with E-state index in [1.54, 1.807) is 32.0 Å². The molecule has 3 rings (SSSR count). The molecule has 184 valence electrons. The molecule has 34 heavy (non-hydrogen) atoms. The zero-order valence-corrected chi connectivity index (χ0v) is 22.3. The molecule has 0 bridgehead atoms. The van der Waals surface area contributed by atoms with Gasteiger partial charge in [0.2, 0.25) is 15.9 Å². The fourth-order valence-electron chi connectivity index (χ4n) is 4.48. The van der Waals surface area contributed by atoms with Gasteiger partial charge in [-0.15, -0.1) is 0 Å². The highest BCUT2D eigenvalue weighted by Crippen LogP contribution is 2.28. The largest absolute Gasteiger partial charge is 0.355 e. The average Bonchev–Trinajstić information content (AvgIpc) is 2.75. The van der Waals surface area contributed by atoms with E-state index in [0.29, 0.717) is 33.3 Å². The number of carbonyl (C=O) groups is 1. The Morgan fingerprint density at radius 2 is 1.74 bits per heavy atom. The van der Waals surface area contributed by atoms with Gasteiger partial charge in [-0.25, -0.2) is 8.42 Å². The standard InChI is InChI=1S/C26H32Cl2N2O3S/c1-18-13-19(2)26(20(3)14-18)34(32,33)30(16-22-9-10-23(27)24(28)15-22)17-25(31)29-12-11-21-7-5-4-6-8-21/h7,9-10,13-15H,4-6,8,11-12,16-17H2,1-3H3,(H,29,31). The second-order valence-corrected chi connectivity index (χ2v) is 11.6. The molecule has 2 aromatic rings. The molecule has 1 amide bonds. The van der Waals surface area contributed by atoms with E-state index in [1.165, 1.54) is 22.7 Å². The number of carbonyl (C=O) groups excluding carboxylic acids is 1. The Morgan fingerprint density at radius 3 is 2.35 bits per heavy atom. The maximum atomic E-state index is 13.8. The van der Waals surface area contributed by atoms with E-state index >= 15 is 0 Å². The number of nitrogens with zero attached hydrogens (tertiary/aromatic N) is 1. The zero-order valence-electron chi connectivity index (χ0n) is 20.0. The van der Waals surface area contributed by atoms with Crippen molar-refractivity contribution in [1.29, 1.82) is 0 Å². The molecule has 1 aliphatic rings. The van der Waals surface area contributed by atoms with Crippen molar-refractivity contribution < 1.29 is 13.2 Å². The molecule has 5 nitrogen and oxygen atoms in total. The van der Waals surface area contributed by atoms with E-state index in [9.17, 15) is 13.2 Å². The van der Waals surface area contributed by atoms with Gasteiger partial charge < -0.3 is 5.32 Å². The summed E-state index contributed by atoms with van der Waals surface area (Å²) < 4.78 is 28.8. The fraction of sp³-hybridized carbons (Fsp3) is 0.423. The number of amides is 1. The highest BCUT2D eigenvalue weighted by atomic mass is 35.5. The highest BCUT2D eigenvalue weighted by molar-refractivity contribution is 7.89. The van der Waals surface area contributed by atoms with E-state index in [4.69, 9.17) is 23.2 Å². The lowest BCUT2D eigenvalue weighted by atomic mass is 9.97. The summed E-state index contributed by atoms with van der Waals surface area (Å²) in [5.74, 6) is -0.331. The van der Waals surface area contributed by atoms with Crippen LogP contribution in [-0.2, 0) is 21.4 Å². The van der Waals surface area contributed by atoms with Gasteiger partial charge in [-0.1, -0.05) is 58.6 Å². The van der Waals surface area contributed by atoms with Crippen LogP contribution in [0.2, 0.25) is 10.0 Å². The van der Waals surface area contributed by atoms with Crippen LogP contribution in [0.25, 0.3) is 0 Å². The number of hydrogen-bond donors (Lipinski definition) is 1. The predicted octanol–water partition coefficient (Wildman–Crippen LogP) is 6.12. The van der Waals surface area contributed by atoms with Gasteiger partial charge in [-0.2, -0.15) is 4.31 Å². The van der Waals surface area contributed by atoms with Crippen molar-refractivity contribution >= 4 is 39.1 Å². The molecule has 0 aliphatic heterocycles. The van der Waals surface area contributed by atoms with Crippen LogP contribution in [0.4, 0.5) is 0 Å². The molecular weight excluding hydrogens is 491 g/mol. The van der Waals surface area contributed by atoms with E-state index in [1.807, 2.05) is 19.1 Å². The summed E-state index contributed by atoms with van der Waals surface area (Å²) >= 11 is 12.2.